The van der Waals surface area contributed by atoms with Gasteiger partial charge in [-0.15, -0.1) is 0 Å². The molecular formula is C16H15BrFNO2. The minimum Gasteiger partial charge on any atom is -0.464 e. The molecule has 110 valence electrons. The third kappa shape index (κ3) is 3.02. The van der Waals surface area contributed by atoms with Crippen LogP contribution in [0.4, 0.5) is 4.39 Å². The second kappa shape index (κ2) is 5.64. The van der Waals surface area contributed by atoms with E-state index in [2.05, 4.69) is 15.9 Å². The van der Waals surface area contributed by atoms with Gasteiger partial charge in [-0.2, -0.15) is 0 Å². The summed E-state index contributed by atoms with van der Waals surface area (Å²) < 4.78 is 20.0. The highest BCUT2D eigenvalue weighted by atomic mass is 79.9. The van der Waals surface area contributed by atoms with Crippen molar-refractivity contribution in [1.29, 1.82) is 0 Å². The maximum absolute atomic E-state index is 14.1. The summed E-state index contributed by atoms with van der Waals surface area (Å²) in [4.78, 5) is 14.3. The van der Waals surface area contributed by atoms with E-state index in [1.54, 1.807) is 17.0 Å². The van der Waals surface area contributed by atoms with Gasteiger partial charge in [0.25, 0.3) is 5.91 Å². The Morgan fingerprint density at radius 3 is 2.76 bits per heavy atom. The van der Waals surface area contributed by atoms with Crippen LogP contribution >= 0.6 is 15.9 Å². The van der Waals surface area contributed by atoms with E-state index in [0.29, 0.717) is 11.0 Å². The SMILES string of the molecule is Cc1ccc(CN(C(=O)c2cccc(Br)c2F)C2CC2)o1. The Morgan fingerprint density at radius 1 is 1.38 bits per heavy atom. The number of rotatable bonds is 4. The van der Waals surface area contributed by atoms with Crippen molar-refractivity contribution < 1.29 is 13.6 Å². The van der Waals surface area contributed by atoms with Gasteiger partial charge in [0.15, 0.2) is 0 Å². The van der Waals surface area contributed by atoms with Gasteiger partial charge in [-0.3, -0.25) is 4.79 Å². The molecule has 3 rings (SSSR count). The number of aryl methyl sites for hydroxylation is 1. The summed E-state index contributed by atoms with van der Waals surface area (Å²) in [5.74, 6) is 0.735. The number of hydrogen-bond acceptors (Lipinski definition) is 2. The molecular weight excluding hydrogens is 337 g/mol. The molecule has 2 aromatic rings. The van der Waals surface area contributed by atoms with Gasteiger partial charge in [-0.1, -0.05) is 6.07 Å². The third-order valence-electron chi connectivity index (χ3n) is 3.55. The molecule has 1 aromatic heterocycles. The number of amides is 1. The normalized spacial score (nSPS) is 14.2. The lowest BCUT2D eigenvalue weighted by Crippen LogP contribution is -2.33. The van der Waals surface area contributed by atoms with Gasteiger partial charge >= 0.3 is 0 Å². The first-order valence-corrected chi connectivity index (χ1v) is 7.66. The smallest absolute Gasteiger partial charge is 0.257 e. The lowest BCUT2D eigenvalue weighted by atomic mass is 10.1. The molecule has 1 aliphatic carbocycles. The van der Waals surface area contributed by atoms with Crippen molar-refractivity contribution in [3.63, 3.8) is 0 Å². The van der Waals surface area contributed by atoms with E-state index in [4.69, 9.17) is 4.42 Å². The van der Waals surface area contributed by atoms with Crippen molar-refractivity contribution in [1.82, 2.24) is 4.90 Å². The molecule has 1 saturated carbocycles. The van der Waals surface area contributed by atoms with Crippen molar-refractivity contribution in [3.05, 3.63) is 57.7 Å². The monoisotopic (exact) mass is 351 g/mol. The Hall–Kier alpha value is -1.62. The Balaban J connectivity index is 1.87. The van der Waals surface area contributed by atoms with E-state index in [0.717, 1.165) is 24.4 Å². The van der Waals surface area contributed by atoms with E-state index in [1.165, 1.54) is 6.07 Å². The largest absolute Gasteiger partial charge is 0.464 e. The maximum Gasteiger partial charge on any atom is 0.257 e. The molecule has 1 fully saturated rings. The Morgan fingerprint density at radius 2 is 2.14 bits per heavy atom. The molecule has 1 heterocycles. The number of carbonyl (C=O) groups excluding carboxylic acids is 1. The molecule has 0 atom stereocenters. The average Bonchev–Trinajstić information content (AvgIpc) is 3.22. The minimum absolute atomic E-state index is 0.0968. The summed E-state index contributed by atoms with van der Waals surface area (Å²) in [5, 5.41) is 0. The zero-order chi connectivity index (χ0) is 15.0. The van der Waals surface area contributed by atoms with Crippen LogP contribution in [0.5, 0.6) is 0 Å². The van der Waals surface area contributed by atoms with Gasteiger partial charge in [0.1, 0.15) is 17.3 Å². The second-order valence-corrected chi connectivity index (χ2v) is 6.13. The van der Waals surface area contributed by atoms with Crippen LogP contribution in [-0.2, 0) is 6.54 Å². The molecule has 0 N–H and O–H groups in total. The molecule has 3 nitrogen and oxygen atoms in total. The minimum atomic E-state index is -0.510. The van der Waals surface area contributed by atoms with Crippen molar-refractivity contribution >= 4 is 21.8 Å². The summed E-state index contributed by atoms with van der Waals surface area (Å²) in [6, 6.07) is 8.68. The van der Waals surface area contributed by atoms with Crippen LogP contribution in [0.15, 0.2) is 39.2 Å². The molecule has 0 radical (unpaired) electrons. The molecule has 0 aliphatic heterocycles. The van der Waals surface area contributed by atoms with Crippen molar-refractivity contribution in [3.8, 4) is 0 Å². The fourth-order valence-corrected chi connectivity index (χ4v) is 2.68. The molecule has 0 spiro atoms. The van der Waals surface area contributed by atoms with E-state index >= 15 is 0 Å². The predicted molar refractivity (Wildman–Crippen MR) is 80.4 cm³/mol. The number of halogens is 2. The Labute approximate surface area is 130 Å². The average molecular weight is 352 g/mol. The Bertz CT molecular complexity index is 679. The Kier molecular flexibility index (Phi) is 3.85. The van der Waals surface area contributed by atoms with E-state index in [1.807, 2.05) is 19.1 Å². The van der Waals surface area contributed by atoms with Crippen LogP contribution in [0.25, 0.3) is 0 Å². The van der Waals surface area contributed by atoms with Gasteiger partial charge in [-0.05, 0) is 60.0 Å². The summed E-state index contributed by atoms with van der Waals surface area (Å²) in [6.45, 7) is 2.24. The van der Waals surface area contributed by atoms with Crippen LogP contribution in [0.1, 0.15) is 34.7 Å². The van der Waals surface area contributed by atoms with Gasteiger partial charge < -0.3 is 9.32 Å². The second-order valence-electron chi connectivity index (χ2n) is 5.28. The lowest BCUT2D eigenvalue weighted by Gasteiger charge is -2.21. The molecule has 1 aromatic carbocycles. The van der Waals surface area contributed by atoms with Crippen molar-refractivity contribution in [2.24, 2.45) is 0 Å². The highest BCUT2D eigenvalue weighted by molar-refractivity contribution is 9.10. The quantitative estimate of drug-likeness (QED) is 0.822. The summed E-state index contributed by atoms with van der Waals surface area (Å²) in [6.07, 6.45) is 1.92. The first-order chi connectivity index (χ1) is 10.1. The topological polar surface area (TPSA) is 33.5 Å². The molecule has 0 saturated heterocycles. The first kappa shape index (κ1) is 14.3. The van der Waals surface area contributed by atoms with Gasteiger partial charge in [0, 0.05) is 6.04 Å². The fourth-order valence-electron chi connectivity index (χ4n) is 2.31. The standard InChI is InChI=1S/C16H15BrFNO2/c1-10-5-8-12(21-10)9-19(11-6-7-11)16(20)13-3-2-4-14(17)15(13)18/h2-5,8,11H,6-7,9H2,1H3. The van der Waals surface area contributed by atoms with Gasteiger partial charge in [-0.25, -0.2) is 4.39 Å². The van der Waals surface area contributed by atoms with Crippen LogP contribution in [0.2, 0.25) is 0 Å². The van der Waals surface area contributed by atoms with Crippen LogP contribution in [-0.4, -0.2) is 16.8 Å². The summed E-state index contributed by atoms with van der Waals surface area (Å²) in [7, 11) is 0. The third-order valence-corrected chi connectivity index (χ3v) is 4.17. The number of hydrogen-bond donors (Lipinski definition) is 0. The van der Waals surface area contributed by atoms with Crippen LogP contribution in [0, 0.1) is 12.7 Å². The van der Waals surface area contributed by atoms with Crippen LogP contribution in [0.3, 0.4) is 0 Å². The molecule has 5 heteroatoms. The fraction of sp³-hybridized carbons (Fsp3) is 0.312. The van der Waals surface area contributed by atoms with Crippen molar-refractivity contribution in [2.75, 3.05) is 0 Å². The van der Waals surface area contributed by atoms with Gasteiger partial charge in [0.05, 0.1) is 16.6 Å². The molecule has 21 heavy (non-hydrogen) atoms. The molecule has 0 unspecified atom stereocenters. The number of nitrogens with zero attached hydrogens (tertiary/aromatic N) is 1. The van der Waals surface area contributed by atoms with E-state index in [-0.39, 0.29) is 17.5 Å². The zero-order valence-electron chi connectivity index (χ0n) is 11.6. The maximum atomic E-state index is 14.1. The molecule has 1 amide bonds. The van der Waals surface area contributed by atoms with Crippen LogP contribution < -0.4 is 0 Å². The van der Waals surface area contributed by atoms with E-state index < -0.39 is 5.82 Å². The van der Waals surface area contributed by atoms with E-state index in [9.17, 15) is 9.18 Å². The molecule has 1 aliphatic rings. The highest BCUT2D eigenvalue weighted by Gasteiger charge is 2.34. The first-order valence-electron chi connectivity index (χ1n) is 6.86. The molecule has 0 bridgehead atoms. The summed E-state index contributed by atoms with van der Waals surface area (Å²) in [5.41, 5.74) is 0.0968. The van der Waals surface area contributed by atoms with Gasteiger partial charge in [0.2, 0.25) is 0 Å². The predicted octanol–water partition coefficient (Wildman–Crippen LogP) is 4.29. The zero-order valence-corrected chi connectivity index (χ0v) is 13.2. The lowest BCUT2D eigenvalue weighted by molar-refractivity contribution is 0.0712. The number of carbonyl (C=O) groups is 1. The highest BCUT2D eigenvalue weighted by Crippen LogP contribution is 2.31. The number of benzene rings is 1. The number of furan rings is 1. The summed E-state index contributed by atoms with van der Waals surface area (Å²) >= 11 is 3.12. The van der Waals surface area contributed by atoms with Crippen molar-refractivity contribution in [2.45, 2.75) is 32.4 Å².